The molecular weight excluding hydrogens is 873 g/mol. The first-order valence-corrected chi connectivity index (χ1v) is 22.9. The van der Waals surface area contributed by atoms with E-state index in [-0.39, 0.29) is 22.9 Å². The van der Waals surface area contributed by atoms with Crippen LogP contribution in [0.5, 0.6) is 5.75 Å². The fourth-order valence-corrected chi connectivity index (χ4v) is 10.6. The zero-order valence-corrected chi connectivity index (χ0v) is 37.2. The van der Waals surface area contributed by atoms with Crippen LogP contribution in [0.1, 0.15) is 42.4 Å². The summed E-state index contributed by atoms with van der Waals surface area (Å²) in [5.41, 5.74) is 6.07. The number of nitrogens with one attached hydrogen (secondary N) is 3. The number of methoxy groups -OCH3 is 1. The zero-order valence-electron chi connectivity index (χ0n) is 34.0. The molecular formula is C42H50BrClN9O6P. The van der Waals surface area contributed by atoms with Crippen molar-refractivity contribution < 1.29 is 27.9 Å². The van der Waals surface area contributed by atoms with E-state index in [9.17, 15) is 14.2 Å². The molecule has 2 amide bonds. The van der Waals surface area contributed by atoms with Crippen LogP contribution < -0.4 is 30.9 Å². The summed E-state index contributed by atoms with van der Waals surface area (Å²) in [5, 5.41) is 9.56. The molecule has 0 aliphatic carbocycles. The minimum Gasteiger partial charge on any atom is -0.494 e. The number of amides is 2. The van der Waals surface area contributed by atoms with Crippen LogP contribution in [0, 0.1) is 0 Å². The van der Waals surface area contributed by atoms with Gasteiger partial charge in [-0.3, -0.25) is 34.2 Å². The number of nitrogens with zero attached hydrogens (tertiary/aromatic N) is 6. The van der Waals surface area contributed by atoms with Crippen molar-refractivity contribution in [1.82, 2.24) is 30.0 Å². The Hall–Kier alpha value is -4.12. The summed E-state index contributed by atoms with van der Waals surface area (Å²) < 4.78 is 30.6. The average Bonchev–Trinajstić information content (AvgIpc) is 3.67. The Bertz CT molecular complexity index is 2280. The molecule has 0 saturated carbocycles. The molecule has 4 aromatic rings. The smallest absolute Gasteiger partial charge is 0.362 e. The number of hydrogen-bond acceptors (Lipinski definition) is 14. The van der Waals surface area contributed by atoms with Crippen molar-refractivity contribution >= 4 is 81.1 Å². The number of likely N-dealkylation sites (tertiary alicyclic amines) is 1. The van der Waals surface area contributed by atoms with Gasteiger partial charge in [-0.1, -0.05) is 45.7 Å². The highest BCUT2D eigenvalue weighted by atomic mass is 79.9. The number of imide groups is 1. The van der Waals surface area contributed by atoms with Crippen LogP contribution in [0.15, 0.2) is 65.3 Å². The number of fused-ring (bicyclic) bond motifs is 1. The van der Waals surface area contributed by atoms with E-state index in [0.717, 1.165) is 81.9 Å². The number of carbonyl (C=O) groups is 2. The Morgan fingerprint density at radius 2 is 1.62 bits per heavy atom. The van der Waals surface area contributed by atoms with Crippen LogP contribution in [0.3, 0.4) is 0 Å². The SMILES string of the molecule is COc1cc(N2CCN(C3CCN(Cc4cc5c(cc4Br)CN(C4CCC(=O)NC4=O)C5)CC3)CC2)ccc1Nc1ncc(Cl)c(Nc2ccccc2P(=O)(OC)OC)n1. The number of piperidine rings is 2. The van der Waals surface area contributed by atoms with Gasteiger partial charge < -0.3 is 29.3 Å². The Morgan fingerprint density at radius 1 is 0.883 bits per heavy atom. The summed E-state index contributed by atoms with van der Waals surface area (Å²) in [6.07, 6.45) is 4.74. The predicted octanol–water partition coefficient (Wildman–Crippen LogP) is 6.41. The number of carbonyl (C=O) groups excluding carboxylic acids is 2. The second-order valence-corrected chi connectivity index (χ2v) is 19.0. The van der Waals surface area contributed by atoms with E-state index in [4.69, 9.17) is 25.4 Å². The van der Waals surface area contributed by atoms with E-state index in [1.807, 2.05) is 12.1 Å². The first-order valence-electron chi connectivity index (χ1n) is 20.2. The number of halogens is 2. The van der Waals surface area contributed by atoms with Crippen LogP contribution in [0.4, 0.5) is 28.8 Å². The summed E-state index contributed by atoms with van der Waals surface area (Å²) in [7, 11) is 0.765. The Labute approximate surface area is 363 Å². The Balaban J connectivity index is 0.832. The standard InChI is InChI=1S/C42H50BrClN9O6P/c1-57-37-22-31(8-9-34(37)47-42-45-23-33(44)40(49-42)46-35-6-4-5-7-38(35)60(56,58-2)59-3)52-18-16-51(17-19-52)30-12-14-50(15-13-30)24-29-20-27-25-53(26-28(27)21-32(29)43)36-10-11-39(54)48-41(36)55/h4-9,20-23,30,36H,10-19,24-26H2,1-3H3,(H,48,54,55)(H2,45,46,47,49). The minimum absolute atomic E-state index is 0.174. The first-order chi connectivity index (χ1) is 29.0. The highest BCUT2D eigenvalue weighted by Crippen LogP contribution is 2.47. The van der Waals surface area contributed by atoms with Gasteiger partial charge in [0.05, 0.1) is 36.0 Å². The normalized spacial score (nSPS) is 19.6. The number of anilines is 5. The highest BCUT2D eigenvalue weighted by molar-refractivity contribution is 9.10. The topological polar surface area (TPSA) is 154 Å². The van der Waals surface area contributed by atoms with E-state index in [0.29, 0.717) is 53.1 Å². The zero-order chi connectivity index (χ0) is 42.0. The lowest BCUT2D eigenvalue weighted by Gasteiger charge is -2.43. The lowest BCUT2D eigenvalue weighted by atomic mass is 10.0. The molecule has 3 saturated heterocycles. The van der Waals surface area contributed by atoms with Crippen LogP contribution in [0.2, 0.25) is 5.02 Å². The highest BCUT2D eigenvalue weighted by Gasteiger charge is 2.36. The van der Waals surface area contributed by atoms with Gasteiger partial charge in [-0.15, -0.1) is 0 Å². The Morgan fingerprint density at radius 3 is 2.33 bits per heavy atom. The quantitative estimate of drug-likeness (QED) is 0.100. The number of aromatic nitrogens is 2. The molecule has 5 heterocycles. The molecule has 4 aliphatic rings. The maximum absolute atomic E-state index is 13.2. The number of rotatable bonds is 13. The third-order valence-electron chi connectivity index (χ3n) is 12.0. The molecule has 3 N–H and O–H groups in total. The van der Waals surface area contributed by atoms with Gasteiger partial charge in [-0.2, -0.15) is 4.98 Å². The van der Waals surface area contributed by atoms with Crippen molar-refractivity contribution in [2.45, 2.75) is 57.4 Å². The van der Waals surface area contributed by atoms with Gasteiger partial charge >= 0.3 is 7.60 Å². The van der Waals surface area contributed by atoms with Gasteiger partial charge in [0, 0.05) is 88.7 Å². The van der Waals surface area contributed by atoms with Gasteiger partial charge in [0.25, 0.3) is 0 Å². The summed E-state index contributed by atoms with van der Waals surface area (Å²) in [6.45, 7) is 8.28. The van der Waals surface area contributed by atoms with E-state index >= 15 is 0 Å². The molecule has 3 fully saturated rings. The monoisotopic (exact) mass is 921 g/mol. The minimum atomic E-state index is -3.56. The van der Waals surface area contributed by atoms with Crippen molar-refractivity contribution in [3.63, 3.8) is 0 Å². The first kappa shape index (κ1) is 42.6. The van der Waals surface area contributed by atoms with E-state index < -0.39 is 7.60 Å². The van der Waals surface area contributed by atoms with Gasteiger partial charge in [0.15, 0.2) is 5.82 Å². The number of hydrogen-bond donors (Lipinski definition) is 3. The van der Waals surface area contributed by atoms with Crippen molar-refractivity contribution in [2.24, 2.45) is 0 Å². The van der Waals surface area contributed by atoms with Gasteiger partial charge in [-0.25, -0.2) is 4.98 Å². The van der Waals surface area contributed by atoms with E-state index in [1.165, 1.54) is 37.1 Å². The van der Waals surface area contributed by atoms with Gasteiger partial charge in [-0.05, 0) is 79.4 Å². The van der Waals surface area contributed by atoms with Gasteiger partial charge in [0.1, 0.15) is 10.8 Å². The average molecular weight is 923 g/mol. The molecule has 0 bridgehead atoms. The Kier molecular flexibility index (Phi) is 13.1. The van der Waals surface area contributed by atoms with Gasteiger partial charge in [0.2, 0.25) is 17.8 Å². The lowest BCUT2D eigenvalue weighted by Crippen LogP contribution is -2.53. The molecule has 60 heavy (non-hydrogen) atoms. The molecule has 15 nitrogen and oxygen atoms in total. The number of ether oxygens (including phenoxy) is 1. The molecule has 1 atom stereocenters. The predicted molar refractivity (Wildman–Crippen MR) is 236 cm³/mol. The fraction of sp³-hybridized carbons (Fsp3) is 0.429. The summed E-state index contributed by atoms with van der Waals surface area (Å²) in [4.78, 5) is 43.0. The van der Waals surface area contributed by atoms with Crippen molar-refractivity contribution in [2.75, 3.05) is 76.1 Å². The summed E-state index contributed by atoms with van der Waals surface area (Å²) in [6, 6.07) is 17.9. The molecule has 1 unspecified atom stereocenters. The van der Waals surface area contributed by atoms with Crippen molar-refractivity contribution in [3.8, 4) is 5.75 Å². The van der Waals surface area contributed by atoms with Crippen LogP contribution in [-0.4, -0.2) is 109 Å². The third kappa shape index (κ3) is 9.21. The fourth-order valence-electron chi connectivity index (χ4n) is 8.73. The second kappa shape index (κ2) is 18.5. The maximum atomic E-state index is 13.2. The molecule has 0 radical (unpaired) electrons. The molecule has 18 heteroatoms. The van der Waals surface area contributed by atoms with Crippen molar-refractivity contribution in [1.29, 1.82) is 0 Å². The van der Waals surface area contributed by atoms with E-state index in [1.54, 1.807) is 31.4 Å². The summed E-state index contributed by atoms with van der Waals surface area (Å²) >= 11 is 10.3. The largest absolute Gasteiger partial charge is 0.494 e. The van der Waals surface area contributed by atoms with E-state index in [2.05, 4.69) is 79.6 Å². The van der Waals surface area contributed by atoms with Crippen LogP contribution in [0.25, 0.3) is 0 Å². The molecule has 4 aliphatic heterocycles. The van der Waals surface area contributed by atoms with Crippen LogP contribution >= 0.6 is 35.1 Å². The third-order valence-corrected chi connectivity index (χ3v) is 15.0. The molecule has 318 valence electrons. The summed E-state index contributed by atoms with van der Waals surface area (Å²) in [5.74, 6) is 0.916. The maximum Gasteiger partial charge on any atom is 0.362 e. The number of piperazine rings is 1. The number of benzene rings is 3. The van der Waals surface area contributed by atoms with Crippen molar-refractivity contribution in [3.05, 3.63) is 87.0 Å². The molecule has 0 spiro atoms. The lowest BCUT2D eigenvalue weighted by molar-refractivity contribution is -0.137. The second-order valence-electron chi connectivity index (χ2n) is 15.5. The van der Waals surface area contributed by atoms with Crippen LogP contribution in [-0.2, 0) is 42.8 Å². The molecule has 8 rings (SSSR count). The molecule has 3 aromatic carbocycles. The molecule has 1 aromatic heterocycles. The number of para-hydroxylation sites is 1.